The van der Waals surface area contributed by atoms with E-state index >= 15 is 0 Å². The molecule has 21 heavy (non-hydrogen) atoms. The van der Waals surface area contributed by atoms with E-state index in [4.69, 9.17) is 5.73 Å². The standard InChI is InChI=1S/C15H21N3O2S/c1-10-4-3-5-12(15(10)16)21-9-14(20)18(2)8-13(19)17-11-6-7-11/h3-5,11H,6-9,16H2,1-2H3,(H,17,19). The molecule has 1 aromatic carbocycles. The normalized spacial score (nSPS) is 13.8. The molecule has 1 fully saturated rings. The molecule has 114 valence electrons. The Morgan fingerprint density at radius 1 is 1.43 bits per heavy atom. The van der Waals surface area contributed by atoms with Gasteiger partial charge in [-0.15, -0.1) is 11.8 Å². The van der Waals surface area contributed by atoms with E-state index in [2.05, 4.69) is 5.32 Å². The molecule has 6 heteroatoms. The third-order valence-electron chi connectivity index (χ3n) is 3.38. The van der Waals surface area contributed by atoms with Crippen molar-refractivity contribution in [3.63, 3.8) is 0 Å². The highest BCUT2D eigenvalue weighted by atomic mass is 32.2. The minimum atomic E-state index is -0.0894. The molecule has 1 aliphatic rings. The molecule has 0 heterocycles. The summed E-state index contributed by atoms with van der Waals surface area (Å²) in [6, 6.07) is 6.09. The lowest BCUT2D eigenvalue weighted by Gasteiger charge is -2.17. The fraction of sp³-hybridized carbons (Fsp3) is 0.467. The molecular weight excluding hydrogens is 286 g/mol. The zero-order valence-electron chi connectivity index (χ0n) is 12.4. The number of thioether (sulfide) groups is 1. The highest BCUT2D eigenvalue weighted by molar-refractivity contribution is 8.00. The molecule has 0 aromatic heterocycles. The Labute approximate surface area is 129 Å². The molecular formula is C15H21N3O2S. The third kappa shape index (κ3) is 4.67. The number of hydrogen-bond acceptors (Lipinski definition) is 4. The number of rotatable bonds is 6. The summed E-state index contributed by atoms with van der Waals surface area (Å²) in [5.74, 6) is 0.112. The Hall–Kier alpha value is -1.69. The molecule has 0 saturated heterocycles. The first-order chi connectivity index (χ1) is 9.97. The van der Waals surface area contributed by atoms with E-state index in [-0.39, 0.29) is 24.1 Å². The second-order valence-corrected chi connectivity index (χ2v) is 6.38. The molecule has 0 radical (unpaired) electrons. The molecule has 5 nitrogen and oxygen atoms in total. The van der Waals surface area contributed by atoms with Crippen molar-refractivity contribution in [2.45, 2.75) is 30.7 Å². The Morgan fingerprint density at radius 2 is 2.14 bits per heavy atom. The van der Waals surface area contributed by atoms with Crippen molar-refractivity contribution in [1.29, 1.82) is 0 Å². The number of hydrogen-bond donors (Lipinski definition) is 2. The van der Waals surface area contributed by atoms with Crippen LogP contribution in [0.5, 0.6) is 0 Å². The molecule has 0 atom stereocenters. The van der Waals surface area contributed by atoms with Crippen LogP contribution in [0.4, 0.5) is 5.69 Å². The van der Waals surface area contributed by atoms with Gasteiger partial charge < -0.3 is 16.0 Å². The Bertz CT molecular complexity index is 544. The monoisotopic (exact) mass is 307 g/mol. The van der Waals surface area contributed by atoms with Crippen LogP contribution in [0.15, 0.2) is 23.1 Å². The highest BCUT2D eigenvalue weighted by Gasteiger charge is 2.24. The van der Waals surface area contributed by atoms with Gasteiger partial charge in [-0.25, -0.2) is 0 Å². The van der Waals surface area contributed by atoms with Gasteiger partial charge in [-0.3, -0.25) is 9.59 Å². The molecule has 2 rings (SSSR count). The molecule has 1 aliphatic carbocycles. The van der Waals surface area contributed by atoms with Crippen LogP contribution in [0.2, 0.25) is 0 Å². The van der Waals surface area contributed by atoms with Gasteiger partial charge in [-0.05, 0) is 31.4 Å². The first-order valence-corrected chi connectivity index (χ1v) is 7.97. The van der Waals surface area contributed by atoms with Crippen LogP contribution in [0.1, 0.15) is 18.4 Å². The van der Waals surface area contributed by atoms with E-state index in [0.29, 0.717) is 11.7 Å². The van der Waals surface area contributed by atoms with Gasteiger partial charge in [0.2, 0.25) is 11.8 Å². The second kappa shape index (κ2) is 6.85. The lowest BCUT2D eigenvalue weighted by molar-refractivity contribution is -0.132. The van der Waals surface area contributed by atoms with Crippen LogP contribution in [0, 0.1) is 6.92 Å². The zero-order valence-corrected chi connectivity index (χ0v) is 13.2. The fourth-order valence-electron chi connectivity index (χ4n) is 1.83. The lowest BCUT2D eigenvalue weighted by atomic mass is 10.2. The maximum Gasteiger partial charge on any atom is 0.239 e. The summed E-state index contributed by atoms with van der Waals surface area (Å²) in [5, 5.41) is 2.87. The number of aryl methyl sites for hydroxylation is 1. The molecule has 0 spiro atoms. The van der Waals surface area contributed by atoms with Gasteiger partial charge >= 0.3 is 0 Å². The van der Waals surface area contributed by atoms with Crippen molar-refractivity contribution in [1.82, 2.24) is 10.2 Å². The van der Waals surface area contributed by atoms with Crippen molar-refractivity contribution >= 4 is 29.3 Å². The molecule has 3 N–H and O–H groups in total. The van der Waals surface area contributed by atoms with Crippen LogP contribution in [0.25, 0.3) is 0 Å². The second-order valence-electron chi connectivity index (χ2n) is 5.37. The summed E-state index contributed by atoms with van der Waals surface area (Å²) >= 11 is 1.40. The van der Waals surface area contributed by atoms with E-state index in [1.165, 1.54) is 16.7 Å². The summed E-state index contributed by atoms with van der Waals surface area (Å²) in [7, 11) is 1.65. The molecule has 2 amide bonds. The number of nitrogens with two attached hydrogens (primary N) is 1. The van der Waals surface area contributed by atoms with E-state index in [0.717, 1.165) is 23.3 Å². The van der Waals surface area contributed by atoms with Crippen LogP contribution in [0.3, 0.4) is 0 Å². The smallest absolute Gasteiger partial charge is 0.239 e. The number of anilines is 1. The van der Waals surface area contributed by atoms with Crippen molar-refractivity contribution < 1.29 is 9.59 Å². The van der Waals surface area contributed by atoms with E-state index in [9.17, 15) is 9.59 Å². The van der Waals surface area contributed by atoms with Gasteiger partial charge in [0.25, 0.3) is 0 Å². The molecule has 1 saturated carbocycles. The van der Waals surface area contributed by atoms with Gasteiger partial charge in [0.05, 0.1) is 12.3 Å². The van der Waals surface area contributed by atoms with Gasteiger partial charge in [0.1, 0.15) is 0 Å². The van der Waals surface area contributed by atoms with E-state index < -0.39 is 0 Å². The highest BCUT2D eigenvalue weighted by Crippen LogP contribution is 2.27. The fourth-order valence-corrected chi connectivity index (χ4v) is 2.82. The third-order valence-corrected chi connectivity index (χ3v) is 4.44. The summed E-state index contributed by atoms with van der Waals surface area (Å²) in [4.78, 5) is 26.0. The Morgan fingerprint density at radius 3 is 2.81 bits per heavy atom. The number of likely N-dealkylation sites (N-methyl/N-ethyl adjacent to an activating group) is 1. The van der Waals surface area contributed by atoms with Gasteiger partial charge in [0.15, 0.2) is 0 Å². The summed E-state index contributed by atoms with van der Waals surface area (Å²) in [5.41, 5.74) is 7.69. The predicted octanol–water partition coefficient (Wildman–Crippen LogP) is 1.41. The van der Waals surface area contributed by atoms with Gasteiger partial charge in [-0.2, -0.15) is 0 Å². The first-order valence-electron chi connectivity index (χ1n) is 6.98. The first kappa shape index (κ1) is 15.7. The summed E-state index contributed by atoms with van der Waals surface area (Å²) < 4.78 is 0. The minimum Gasteiger partial charge on any atom is -0.398 e. The average Bonchev–Trinajstić information content (AvgIpc) is 3.23. The van der Waals surface area contributed by atoms with Gasteiger partial charge in [-0.1, -0.05) is 12.1 Å². The topological polar surface area (TPSA) is 75.4 Å². The number of carbonyl (C=O) groups excluding carboxylic acids is 2. The van der Waals surface area contributed by atoms with Crippen LogP contribution in [-0.2, 0) is 9.59 Å². The van der Waals surface area contributed by atoms with Crippen molar-refractivity contribution in [2.75, 3.05) is 25.1 Å². The van der Waals surface area contributed by atoms with Crippen LogP contribution >= 0.6 is 11.8 Å². The minimum absolute atomic E-state index is 0.0770. The number of nitrogens with zero attached hydrogens (tertiary/aromatic N) is 1. The lowest BCUT2D eigenvalue weighted by Crippen LogP contribution is -2.39. The predicted molar refractivity (Wildman–Crippen MR) is 85.1 cm³/mol. The van der Waals surface area contributed by atoms with Crippen molar-refractivity contribution in [3.8, 4) is 0 Å². The number of amides is 2. The molecule has 0 unspecified atom stereocenters. The number of para-hydroxylation sites is 1. The zero-order chi connectivity index (χ0) is 15.4. The van der Waals surface area contributed by atoms with Gasteiger partial charge in [0, 0.05) is 23.7 Å². The van der Waals surface area contributed by atoms with Crippen LogP contribution < -0.4 is 11.1 Å². The summed E-state index contributed by atoms with van der Waals surface area (Å²) in [6.45, 7) is 2.05. The maximum absolute atomic E-state index is 12.0. The molecule has 1 aromatic rings. The van der Waals surface area contributed by atoms with E-state index in [1.807, 2.05) is 25.1 Å². The van der Waals surface area contributed by atoms with E-state index in [1.54, 1.807) is 7.05 Å². The summed E-state index contributed by atoms with van der Waals surface area (Å²) in [6.07, 6.45) is 2.10. The largest absolute Gasteiger partial charge is 0.398 e. The van der Waals surface area contributed by atoms with Crippen LogP contribution in [-0.4, -0.2) is 42.1 Å². The Balaban J connectivity index is 1.80. The molecule has 0 aliphatic heterocycles. The van der Waals surface area contributed by atoms with Crippen molar-refractivity contribution in [3.05, 3.63) is 23.8 Å². The van der Waals surface area contributed by atoms with Crippen molar-refractivity contribution in [2.24, 2.45) is 0 Å². The maximum atomic E-state index is 12.0. The number of carbonyl (C=O) groups is 2. The number of nitrogens with one attached hydrogen (secondary N) is 1. The number of benzene rings is 1. The quantitative estimate of drug-likeness (QED) is 0.615. The average molecular weight is 307 g/mol. The molecule has 0 bridgehead atoms. The number of nitrogen functional groups attached to an aromatic ring is 1. The SMILES string of the molecule is Cc1cccc(SCC(=O)N(C)CC(=O)NC2CC2)c1N. The Kier molecular flexibility index (Phi) is 5.12.